The van der Waals surface area contributed by atoms with Crippen LogP contribution in [-0.4, -0.2) is 60.2 Å². The number of benzene rings is 1. The Balaban J connectivity index is 1.60. The molecule has 1 amide bonds. The molecule has 33 heavy (non-hydrogen) atoms. The van der Waals surface area contributed by atoms with Crippen molar-refractivity contribution in [1.82, 2.24) is 4.90 Å². The van der Waals surface area contributed by atoms with E-state index in [1.807, 2.05) is 0 Å². The van der Waals surface area contributed by atoms with Crippen LogP contribution in [0.1, 0.15) is 33.6 Å². The number of halogens is 2. The van der Waals surface area contributed by atoms with Crippen LogP contribution < -0.4 is 4.74 Å². The quantitative estimate of drug-likeness (QED) is 0.609. The summed E-state index contributed by atoms with van der Waals surface area (Å²) in [4.78, 5) is 17.2. The number of aliphatic imine (C=N–C) groups is 1. The summed E-state index contributed by atoms with van der Waals surface area (Å²) in [5, 5.41) is 1.88. The predicted octanol–water partition coefficient (Wildman–Crippen LogP) is 3.40. The van der Waals surface area contributed by atoms with E-state index in [2.05, 4.69) is 4.99 Å². The predicted molar refractivity (Wildman–Crippen MR) is 119 cm³/mol. The Labute approximate surface area is 194 Å². The molecule has 182 valence electrons. The Morgan fingerprint density at radius 3 is 2.30 bits per heavy atom. The number of ether oxygens (including phenoxy) is 2. The summed E-state index contributed by atoms with van der Waals surface area (Å²) in [6.45, 7) is 6.10. The van der Waals surface area contributed by atoms with E-state index in [1.54, 1.807) is 25.7 Å². The van der Waals surface area contributed by atoms with E-state index in [-0.39, 0.29) is 24.4 Å². The van der Waals surface area contributed by atoms with Gasteiger partial charge >= 0.3 is 6.09 Å². The molecule has 0 spiro atoms. The second-order valence-electron chi connectivity index (χ2n) is 8.88. The number of amides is 1. The first-order valence-corrected chi connectivity index (χ1v) is 13.3. The first-order chi connectivity index (χ1) is 15.2. The van der Waals surface area contributed by atoms with Crippen molar-refractivity contribution < 1.29 is 35.7 Å². The number of piperidine rings is 1. The molecule has 2 aliphatic rings. The molecule has 2 aliphatic heterocycles. The maximum absolute atomic E-state index is 14.0. The third-order valence-electron chi connectivity index (χ3n) is 4.93. The SMILES string of the molecule is CC(C)(C)OC(=O)N1CCC(C2=NC(COc3cc(F)c(S(C)(=O)=O)c(F)c3)=CS2=O)CC1. The topological polar surface area (TPSA) is 102 Å². The van der Waals surface area contributed by atoms with E-state index in [9.17, 15) is 26.2 Å². The molecular weight excluding hydrogens is 478 g/mol. The highest BCUT2D eigenvalue weighted by Crippen LogP contribution is 2.28. The first kappa shape index (κ1) is 25.3. The Bertz CT molecular complexity index is 1110. The number of carbonyl (C=O) groups is 1. The summed E-state index contributed by atoms with van der Waals surface area (Å²) in [5.41, 5.74) is -0.244. The Hall–Kier alpha value is -2.34. The van der Waals surface area contributed by atoms with Gasteiger partial charge in [0.2, 0.25) is 0 Å². The van der Waals surface area contributed by atoms with Gasteiger partial charge in [0.25, 0.3) is 0 Å². The largest absolute Gasteiger partial charge is 0.487 e. The van der Waals surface area contributed by atoms with Crippen LogP contribution in [-0.2, 0) is 25.4 Å². The number of carbonyl (C=O) groups excluding carboxylic acids is 1. The van der Waals surface area contributed by atoms with E-state index >= 15 is 0 Å². The molecule has 1 unspecified atom stereocenters. The van der Waals surface area contributed by atoms with Gasteiger partial charge in [-0.25, -0.2) is 31.2 Å². The average Bonchev–Trinajstić information content (AvgIpc) is 3.04. The van der Waals surface area contributed by atoms with Crippen molar-refractivity contribution in [1.29, 1.82) is 0 Å². The lowest BCUT2D eigenvalue weighted by atomic mass is 9.98. The second-order valence-corrected chi connectivity index (χ2v) is 12.1. The summed E-state index contributed by atoms with van der Waals surface area (Å²) < 4.78 is 74.3. The maximum atomic E-state index is 14.0. The number of nitrogens with zero attached hydrogens (tertiary/aromatic N) is 2. The molecule has 12 heteroatoms. The first-order valence-electron chi connectivity index (χ1n) is 10.2. The van der Waals surface area contributed by atoms with Gasteiger partial charge in [0.15, 0.2) is 9.84 Å². The van der Waals surface area contributed by atoms with E-state index in [0.29, 0.717) is 42.9 Å². The zero-order valence-electron chi connectivity index (χ0n) is 18.8. The molecule has 8 nitrogen and oxygen atoms in total. The Morgan fingerprint density at radius 1 is 1.21 bits per heavy atom. The van der Waals surface area contributed by atoms with Crippen molar-refractivity contribution in [2.45, 2.75) is 44.1 Å². The fraction of sp³-hybridized carbons (Fsp3) is 0.524. The van der Waals surface area contributed by atoms with Crippen molar-refractivity contribution in [3.8, 4) is 5.75 Å². The molecule has 1 aromatic carbocycles. The van der Waals surface area contributed by atoms with Crippen LogP contribution in [0.2, 0.25) is 0 Å². The smallest absolute Gasteiger partial charge is 0.410 e. The molecular formula is C21H26F2N2O6S2. The summed E-state index contributed by atoms with van der Waals surface area (Å²) in [6.07, 6.45) is 1.48. The van der Waals surface area contributed by atoms with E-state index in [0.717, 1.165) is 12.1 Å². The van der Waals surface area contributed by atoms with Gasteiger partial charge in [-0.05, 0) is 33.6 Å². The molecule has 1 fully saturated rings. The number of hydrogen-bond donors (Lipinski definition) is 0. The number of likely N-dealkylation sites (tertiary alicyclic amines) is 1. The van der Waals surface area contributed by atoms with Gasteiger partial charge in [0.05, 0.1) is 16.5 Å². The molecule has 0 aliphatic carbocycles. The lowest BCUT2D eigenvalue weighted by molar-refractivity contribution is 0.0202. The van der Waals surface area contributed by atoms with Crippen molar-refractivity contribution in [2.24, 2.45) is 10.9 Å². The van der Waals surface area contributed by atoms with Gasteiger partial charge in [-0.2, -0.15) is 0 Å². The minimum atomic E-state index is -4.07. The summed E-state index contributed by atoms with van der Waals surface area (Å²) in [5.74, 6) is -2.80. The molecule has 2 heterocycles. The van der Waals surface area contributed by atoms with Crippen molar-refractivity contribution >= 4 is 31.8 Å². The zero-order valence-corrected chi connectivity index (χ0v) is 20.4. The Kier molecular flexibility index (Phi) is 7.27. The zero-order chi connectivity index (χ0) is 24.6. The van der Waals surface area contributed by atoms with Gasteiger partial charge in [-0.1, -0.05) is 0 Å². The van der Waals surface area contributed by atoms with Crippen LogP contribution in [0.5, 0.6) is 5.75 Å². The van der Waals surface area contributed by atoms with Crippen LogP contribution in [0, 0.1) is 17.6 Å². The van der Waals surface area contributed by atoms with Crippen molar-refractivity contribution in [3.05, 3.63) is 34.9 Å². The minimum absolute atomic E-state index is 0.0813. The van der Waals surface area contributed by atoms with Crippen LogP contribution in [0.15, 0.2) is 33.1 Å². The number of rotatable bonds is 5. The summed E-state index contributed by atoms with van der Waals surface area (Å²) in [7, 11) is -5.53. The molecule has 1 atom stereocenters. The summed E-state index contributed by atoms with van der Waals surface area (Å²) >= 11 is 0. The molecule has 1 aromatic rings. The van der Waals surface area contributed by atoms with E-state index < -0.39 is 42.8 Å². The lowest BCUT2D eigenvalue weighted by Gasteiger charge is -2.33. The van der Waals surface area contributed by atoms with Crippen molar-refractivity contribution in [2.75, 3.05) is 26.0 Å². The van der Waals surface area contributed by atoms with Gasteiger partial charge < -0.3 is 14.4 Å². The standard InChI is InChI=1S/C21H26F2N2O6S2/c1-21(2,3)31-20(26)25-7-5-13(6-8-25)19-24-14(12-32(19)27)11-30-15-9-16(22)18(17(23)10-15)33(4,28)29/h9-10,12-13H,5-8,11H2,1-4H3. The Morgan fingerprint density at radius 2 is 1.79 bits per heavy atom. The highest BCUT2D eigenvalue weighted by molar-refractivity contribution is 8.03. The van der Waals surface area contributed by atoms with E-state index in [4.69, 9.17) is 9.47 Å². The molecule has 0 N–H and O–H groups in total. The fourth-order valence-corrected chi connectivity index (χ4v) is 5.57. The fourth-order valence-electron chi connectivity index (χ4n) is 3.49. The molecule has 0 bridgehead atoms. The van der Waals surface area contributed by atoms with Gasteiger partial charge in [0.1, 0.15) is 39.5 Å². The average molecular weight is 505 g/mol. The van der Waals surface area contributed by atoms with Crippen LogP contribution in [0.25, 0.3) is 0 Å². The highest BCUT2D eigenvalue weighted by Gasteiger charge is 2.32. The van der Waals surface area contributed by atoms with Crippen LogP contribution in [0.4, 0.5) is 13.6 Å². The van der Waals surface area contributed by atoms with Gasteiger partial charge in [0, 0.05) is 42.8 Å². The maximum Gasteiger partial charge on any atom is 0.410 e. The molecule has 0 aromatic heterocycles. The second kappa shape index (κ2) is 9.49. The van der Waals surface area contributed by atoms with Crippen LogP contribution in [0.3, 0.4) is 0 Å². The third kappa shape index (κ3) is 6.38. The normalized spacial score (nSPS) is 19.8. The highest BCUT2D eigenvalue weighted by atomic mass is 32.2. The molecule has 3 rings (SSSR count). The molecule has 1 saturated heterocycles. The monoisotopic (exact) mass is 504 g/mol. The third-order valence-corrected chi connectivity index (χ3v) is 7.38. The van der Waals surface area contributed by atoms with E-state index in [1.165, 1.54) is 5.41 Å². The van der Waals surface area contributed by atoms with Gasteiger partial charge in [-0.15, -0.1) is 0 Å². The van der Waals surface area contributed by atoms with Gasteiger partial charge in [-0.3, -0.25) is 0 Å². The number of hydrogen-bond acceptors (Lipinski definition) is 7. The number of sulfone groups is 1. The van der Waals surface area contributed by atoms with Crippen LogP contribution >= 0.6 is 0 Å². The van der Waals surface area contributed by atoms with Crippen molar-refractivity contribution in [3.63, 3.8) is 0 Å². The minimum Gasteiger partial charge on any atom is -0.487 e. The molecule has 0 radical (unpaired) electrons. The molecule has 0 saturated carbocycles. The lowest BCUT2D eigenvalue weighted by Crippen LogP contribution is -2.43. The summed E-state index contributed by atoms with van der Waals surface area (Å²) in [6, 6.07) is 1.56.